The topological polar surface area (TPSA) is 41.8 Å². The van der Waals surface area contributed by atoms with Crippen LogP contribution in [0.4, 0.5) is 0 Å². The van der Waals surface area contributed by atoms with E-state index in [1.165, 1.54) is 32.0 Å². The number of H-pyrrole nitrogens is 1. The van der Waals surface area contributed by atoms with Gasteiger partial charge >= 0.3 is 0 Å². The van der Waals surface area contributed by atoms with Crippen molar-refractivity contribution in [2.45, 2.75) is 23.4 Å². The fourth-order valence-corrected chi connectivity index (χ4v) is 3.16. The lowest BCUT2D eigenvalue weighted by atomic mass is 10.1. The molecule has 0 fully saturated rings. The van der Waals surface area contributed by atoms with Gasteiger partial charge in [0.05, 0.1) is 5.03 Å². The molecule has 0 bridgehead atoms. The van der Waals surface area contributed by atoms with E-state index in [-0.39, 0.29) is 0 Å². The van der Waals surface area contributed by atoms with Gasteiger partial charge in [0.15, 0.2) is 0 Å². The summed E-state index contributed by atoms with van der Waals surface area (Å²) < 4.78 is 0. The molecule has 19 heavy (non-hydrogen) atoms. The number of nitrogens with one attached hydrogen (secondary N) is 1. The first kappa shape index (κ1) is 12.3. The largest absolute Gasteiger partial charge is 0.349 e. The highest BCUT2D eigenvalue weighted by atomic mass is 32.2. The van der Waals surface area contributed by atoms with Crippen LogP contribution in [0, 0.1) is 6.92 Å². The summed E-state index contributed by atoms with van der Waals surface area (Å²) in [6.07, 6.45) is 0. The molecule has 2 aromatic carbocycles. The third-order valence-corrected chi connectivity index (χ3v) is 4.20. The van der Waals surface area contributed by atoms with Gasteiger partial charge in [0.2, 0.25) is 0 Å². The molecule has 3 aromatic rings. The van der Waals surface area contributed by atoms with Crippen LogP contribution in [0.1, 0.15) is 11.1 Å². The van der Waals surface area contributed by atoms with E-state index in [0.717, 1.165) is 0 Å². The molecule has 2 nitrogen and oxygen atoms in total. The van der Waals surface area contributed by atoms with Crippen molar-refractivity contribution in [3.63, 3.8) is 0 Å². The van der Waals surface area contributed by atoms with Crippen LogP contribution < -0.4 is 5.73 Å². The predicted octanol–water partition coefficient (Wildman–Crippen LogP) is 4.09. The second-order valence-electron chi connectivity index (χ2n) is 4.62. The molecule has 0 aliphatic carbocycles. The molecule has 0 saturated heterocycles. The van der Waals surface area contributed by atoms with Crippen LogP contribution in [0.3, 0.4) is 0 Å². The Hall–Kier alpha value is -1.71. The van der Waals surface area contributed by atoms with E-state index in [0.29, 0.717) is 6.54 Å². The first-order valence-corrected chi connectivity index (χ1v) is 7.13. The SMILES string of the molecule is Cc1cc(Sc2cc3ccccc3[nH]2)ccc1CN. The van der Waals surface area contributed by atoms with Crippen molar-refractivity contribution in [1.82, 2.24) is 4.98 Å². The number of benzene rings is 2. The molecule has 96 valence electrons. The molecule has 3 rings (SSSR count). The zero-order valence-electron chi connectivity index (χ0n) is 10.8. The third-order valence-electron chi connectivity index (χ3n) is 3.27. The number of rotatable bonds is 3. The van der Waals surface area contributed by atoms with E-state index in [1.54, 1.807) is 11.8 Å². The summed E-state index contributed by atoms with van der Waals surface area (Å²) in [5.41, 5.74) is 9.33. The van der Waals surface area contributed by atoms with Gasteiger partial charge in [0, 0.05) is 22.3 Å². The van der Waals surface area contributed by atoms with Gasteiger partial charge in [-0.05, 0) is 42.3 Å². The molecule has 0 aliphatic heterocycles. The summed E-state index contributed by atoms with van der Waals surface area (Å²) in [5.74, 6) is 0. The zero-order chi connectivity index (χ0) is 13.2. The number of aromatic nitrogens is 1. The van der Waals surface area contributed by atoms with Gasteiger partial charge in [0.25, 0.3) is 0 Å². The van der Waals surface area contributed by atoms with Crippen molar-refractivity contribution in [2.75, 3.05) is 0 Å². The smallest absolute Gasteiger partial charge is 0.0780 e. The lowest BCUT2D eigenvalue weighted by Gasteiger charge is -2.05. The molecule has 0 atom stereocenters. The van der Waals surface area contributed by atoms with E-state index in [4.69, 9.17) is 5.73 Å². The fraction of sp³-hybridized carbons (Fsp3) is 0.125. The van der Waals surface area contributed by atoms with Crippen LogP contribution in [0.15, 0.2) is 58.5 Å². The maximum absolute atomic E-state index is 5.69. The van der Waals surface area contributed by atoms with Crippen LogP contribution in [-0.4, -0.2) is 4.98 Å². The average Bonchev–Trinajstić information content (AvgIpc) is 2.81. The van der Waals surface area contributed by atoms with Gasteiger partial charge in [0.1, 0.15) is 0 Å². The quantitative estimate of drug-likeness (QED) is 0.751. The maximum atomic E-state index is 5.69. The summed E-state index contributed by atoms with van der Waals surface area (Å²) in [6.45, 7) is 2.71. The Morgan fingerprint density at radius 1 is 1.11 bits per heavy atom. The van der Waals surface area contributed by atoms with E-state index >= 15 is 0 Å². The van der Waals surface area contributed by atoms with Crippen molar-refractivity contribution in [3.05, 3.63) is 59.7 Å². The average molecular weight is 268 g/mol. The van der Waals surface area contributed by atoms with Crippen LogP contribution in [0.5, 0.6) is 0 Å². The Balaban J connectivity index is 1.90. The van der Waals surface area contributed by atoms with Crippen molar-refractivity contribution in [1.29, 1.82) is 0 Å². The molecular formula is C16H16N2S. The van der Waals surface area contributed by atoms with Crippen LogP contribution >= 0.6 is 11.8 Å². The molecule has 0 spiro atoms. The Labute approximate surface area is 117 Å². The second-order valence-corrected chi connectivity index (χ2v) is 5.73. The normalized spacial score (nSPS) is 11.1. The number of aryl methyl sites for hydroxylation is 1. The van der Waals surface area contributed by atoms with Crippen LogP contribution in [0.25, 0.3) is 10.9 Å². The first-order valence-electron chi connectivity index (χ1n) is 6.31. The highest BCUT2D eigenvalue weighted by Gasteiger charge is 2.04. The highest BCUT2D eigenvalue weighted by molar-refractivity contribution is 7.99. The van der Waals surface area contributed by atoms with Crippen molar-refractivity contribution < 1.29 is 0 Å². The van der Waals surface area contributed by atoms with Crippen molar-refractivity contribution >= 4 is 22.7 Å². The number of aromatic amines is 1. The summed E-state index contributed by atoms with van der Waals surface area (Å²) in [4.78, 5) is 4.67. The van der Waals surface area contributed by atoms with Gasteiger partial charge in [-0.15, -0.1) is 0 Å². The molecule has 0 amide bonds. The van der Waals surface area contributed by atoms with Crippen molar-refractivity contribution in [2.24, 2.45) is 5.73 Å². The molecule has 1 heterocycles. The van der Waals surface area contributed by atoms with Crippen LogP contribution in [0.2, 0.25) is 0 Å². The highest BCUT2D eigenvalue weighted by Crippen LogP contribution is 2.30. The van der Waals surface area contributed by atoms with Gasteiger partial charge in [-0.1, -0.05) is 36.0 Å². The van der Waals surface area contributed by atoms with E-state index in [9.17, 15) is 0 Å². The van der Waals surface area contributed by atoms with Gasteiger partial charge in [-0.3, -0.25) is 0 Å². The molecule has 0 radical (unpaired) electrons. The number of fused-ring (bicyclic) bond motifs is 1. The monoisotopic (exact) mass is 268 g/mol. The molecule has 3 N–H and O–H groups in total. The summed E-state index contributed by atoms with van der Waals surface area (Å²) in [6, 6.07) is 17.0. The minimum Gasteiger partial charge on any atom is -0.349 e. The lowest BCUT2D eigenvalue weighted by molar-refractivity contribution is 1.04. The lowest BCUT2D eigenvalue weighted by Crippen LogP contribution is -1.98. The minimum absolute atomic E-state index is 0.600. The zero-order valence-corrected chi connectivity index (χ0v) is 11.6. The Kier molecular flexibility index (Phi) is 3.32. The number of nitrogens with two attached hydrogens (primary N) is 1. The van der Waals surface area contributed by atoms with Crippen LogP contribution in [-0.2, 0) is 6.54 Å². The van der Waals surface area contributed by atoms with E-state index in [1.807, 2.05) is 6.07 Å². The number of hydrogen-bond donors (Lipinski definition) is 2. The summed E-state index contributed by atoms with van der Waals surface area (Å²) in [5, 5.41) is 2.42. The minimum atomic E-state index is 0.600. The molecular weight excluding hydrogens is 252 g/mol. The molecule has 3 heteroatoms. The fourth-order valence-electron chi connectivity index (χ4n) is 2.19. The Morgan fingerprint density at radius 2 is 1.95 bits per heavy atom. The van der Waals surface area contributed by atoms with Crippen molar-refractivity contribution in [3.8, 4) is 0 Å². The summed E-state index contributed by atoms with van der Waals surface area (Å²) >= 11 is 1.75. The maximum Gasteiger partial charge on any atom is 0.0780 e. The van der Waals surface area contributed by atoms with Gasteiger partial charge < -0.3 is 10.7 Å². The molecule has 0 saturated carbocycles. The molecule has 0 aliphatic rings. The number of para-hydroxylation sites is 1. The Morgan fingerprint density at radius 3 is 2.68 bits per heavy atom. The van der Waals surface area contributed by atoms with Gasteiger partial charge in [-0.2, -0.15) is 0 Å². The van der Waals surface area contributed by atoms with E-state index < -0.39 is 0 Å². The Bertz CT molecular complexity index is 683. The molecule has 1 aromatic heterocycles. The number of hydrogen-bond acceptors (Lipinski definition) is 2. The van der Waals surface area contributed by atoms with Gasteiger partial charge in [-0.25, -0.2) is 0 Å². The van der Waals surface area contributed by atoms with E-state index in [2.05, 4.69) is 54.4 Å². The third kappa shape index (κ3) is 2.53. The second kappa shape index (κ2) is 5.11. The predicted molar refractivity (Wildman–Crippen MR) is 81.5 cm³/mol. The molecule has 0 unspecified atom stereocenters. The first-order chi connectivity index (χ1) is 9.26. The standard InChI is InChI=1S/C16H16N2S/c1-11-8-14(7-6-13(11)10-17)19-16-9-12-4-2-3-5-15(12)18-16/h2-9,18H,10,17H2,1H3. The summed E-state index contributed by atoms with van der Waals surface area (Å²) in [7, 11) is 0.